The van der Waals surface area contributed by atoms with Gasteiger partial charge in [-0.3, -0.25) is 0 Å². The first-order chi connectivity index (χ1) is 9.66. The predicted octanol–water partition coefficient (Wildman–Crippen LogP) is 5.69. The van der Waals surface area contributed by atoms with Gasteiger partial charge in [0.15, 0.2) is 0 Å². The maximum Gasteiger partial charge on any atom is 0.115 e. The summed E-state index contributed by atoms with van der Waals surface area (Å²) in [5, 5.41) is 12.4. The zero-order valence-corrected chi connectivity index (χ0v) is 11.6. The van der Waals surface area contributed by atoms with E-state index in [0.29, 0.717) is 5.02 Å². The van der Waals surface area contributed by atoms with Crippen molar-refractivity contribution >= 4 is 28.1 Å². The zero-order chi connectivity index (χ0) is 14.1. The number of benzene rings is 3. The molecule has 0 fully saturated rings. The van der Waals surface area contributed by atoms with Crippen LogP contribution in [-0.2, 0) is 0 Å². The van der Waals surface area contributed by atoms with Crippen LogP contribution in [0.3, 0.4) is 0 Å². The summed E-state index contributed by atoms with van der Waals surface area (Å²) in [6.07, 6.45) is 0. The molecule has 3 aromatic rings. The average molecular weight is 281 g/mol. The lowest BCUT2D eigenvalue weighted by Crippen LogP contribution is -1.86. The van der Waals surface area contributed by atoms with Crippen LogP contribution in [-0.4, -0.2) is 5.11 Å². The van der Waals surface area contributed by atoms with Crippen LogP contribution in [0.4, 0.5) is 0 Å². The van der Waals surface area contributed by atoms with E-state index in [4.69, 9.17) is 11.6 Å². The summed E-state index contributed by atoms with van der Waals surface area (Å²) in [4.78, 5) is 0. The molecule has 0 aliphatic rings. The second-order valence-electron chi connectivity index (χ2n) is 4.67. The van der Waals surface area contributed by atoms with Gasteiger partial charge in [0.1, 0.15) is 5.76 Å². The highest BCUT2D eigenvalue weighted by Crippen LogP contribution is 2.34. The van der Waals surface area contributed by atoms with Crippen LogP contribution >= 0.6 is 11.6 Å². The third-order valence-corrected chi connectivity index (χ3v) is 3.71. The molecule has 0 aliphatic heterocycles. The lowest BCUT2D eigenvalue weighted by Gasteiger charge is -2.10. The van der Waals surface area contributed by atoms with Crippen molar-refractivity contribution < 1.29 is 5.11 Å². The summed E-state index contributed by atoms with van der Waals surface area (Å²) in [7, 11) is 0. The molecule has 0 saturated heterocycles. The lowest BCUT2D eigenvalue weighted by atomic mass is 9.96. The predicted molar refractivity (Wildman–Crippen MR) is 86.1 cm³/mol. The van der Waals surface area contributed by atoms with Crippen LogP contribution in [0.5, 0.6) is 0 Å². The van der Waals surface area contributed by atoms with Crippen molar-refractivity contribution in [2.45, 2.75) is 0 Å². The van der Waals surface area contributed by atoms with Crippen LogP contribution in [0.25, 0.3) is 27.7 Å². The first kappa shape index (κ1) is 12.8. The fraction of sp³-hybridized carbons (Fsp3) is 0. The molecule has 0 amide bonds. The largest absolute Gasteiger partial charge is 0.508 e. The van der Waals surface area contributed by atoms with Gasteiger partial charge in [0.05, 0.1) is 0 Å². The molecule has 0 unspecified atom stereocenters. The van der Waals surface area contributed by atoms with E-state index in [1.165, 1.54) is 0 Å². The monoisotopic (exact) mass is 280 g/mol. The van der Waals surface area contributed by atoms with Gasteiger partial charge in [-0.05, 0) is 28.5 Å². The van der Waals surface area contributed by atoms with E-state index in [1.54, 1.807) is 0 Å². The molecule has 0 spiro atoms. The van der Waals surface area contributed by atoms with Crippen molar-refractivity contribution in [2.24, 2.45) is 0 Å². The van der Waals surface area contributed by atoms with Gasteiger partial charge in [0.2, 0.25) is 0 Å². The van der Waals surface area contributed by atoms with Crippen LogP contribution in [0.15, 0.2) is 67.2 Å². The number of aliphatic hydroxyl groups excluding tert-OH is 1. The molecule has 0 aromatic heterocycles. The Bertz CT molecular complexity index is 805. The Kier molecular flexibility index (Phi) is 3.21. The molecule has 0 atom stereocenters. The minimum atomic E-state index is 0.0702. The Morgan fingerprint density at radius 3 is 2.40 bits per heavy atom. The molecular weight excluding hydrogens is 268 g/mol. The van der Waals surface area contributed by atoms with Gasteiger partial charge >= 0.3 is 0 Å². The van der Waals surface area contributed by atoms with Gasteiger partial charge in [-0.1, -0.05) is 66.7 Å². The summed E-state index contributed by atoms with van der Waals surface area (Å²) in [6.45, 7) is 3.58. The van der Waals surface area contributed by atoms with Gasteiger partial charge in [0, 0.05) is 16.1 Å². The number of rotatable bonds is 2. The summed E-state index contributed by atoms with van der Waals surface area (Å²) >= 11 is 6.29. The molecule has 98 valence electrons. The van der Waals surface area contributed by atoms with Gasteiger partial charge in [-0.2, -0.15) is 0 Å². The maximum atomic E-state index is 9.58. The average Bonchev–Trinajstić information content (AvgIpc) is 2.46. The number of hydrogen-bond acceptors (Lipinski definition) is 1. The molecule has 0 aliphatic carbocycles. The number of halogens is 1. The van der Waals surface area contributed by atoms with Gasteiger partial charge in [-0.15, -0.1) is 0 Å². The van der Waals surface area contributed by atoms with E-state index in [1.807, 2.05) is 60.7 Å². The molecule has 3 aromatic carbocycles. The normalized spacial score (nSPS) is 10.7. The lowest BCUT2D eigenvalue weighted by molar-refractivity contribution is 0.514. The summed E-state index contributed by atoms with van der Waals surface area (Å²) < 4.78 is 0. The van der Waals surface area contributed by atoms with Crippen molar-refractivity contribution in [1.29, 1.82) is 0 Å². The van der Waals surface area contributed by atoms with Crippen molar-refractivity contribution in [2.75, 3.05) is 0 Å². The van der Waals surface area contributed by atoms with E-state index in [0.717, 1.165) is 27.5 Å². The maximum absolute atomic E-state index is 9.58. The van der Waals surface area contributed by atoms with Gasteiger partial charge < -0.3 is 5.11 Å². The summed E-state index contributed by atoms with van der Waals surface area (Å²) in [5.74, 6) is 0.0702. The Labute approximate surface area is 122 Å². The van der Waals surface area contributed by atoms with E-state index in [2.05, 4.69) is 6.58 Å². The Balaban J connectivity index is 2.33. The van der Waals surface area contributed by atoms with Crippen molar-refractivity contribution in [3.8, 4) is 11.1 Å². The fourth-order valence-electron chi connectivity index (χ4n) is 2.37. The molecule has 20 heavy (non-hydrogen) atoms. The molecule has 1 N–H and O–H groups in total. The van der Waals surface area contributed by atoms with Crippen molar-refractivity contribution in [1.82, 2.24) is 0 Å². The minimum Gasteiger partial charge on any atom is -0.508 e. The standard InChI is InChI=1S/C18H13ClO/c1-12(20)14-10-9-13-5-4-7-15(17(13)11-14)16-6-2-3-8-18(16)19/h2-11,20H,1H2. The SMILES string of the molecule is C=C(O)c1ccc2cccc(-c3ccccc3Cl)c2c1. The molecule has 3 rings (SSSR count). The van der Waals surface area contributed by atoms with Crippen LogP contribution < -0.4 is 0 Å². The second-order valence-corrected chi connectivity index (χ2v) is 5.08. The smallest absolute Gasteiger partial charge is 0.115 e. The Morgan fingerprint density at radius 1 is 0.900 bits per heavy atom. The zero-order valence-electron chi connectivity index (χ0n) is 10.8. The number of fused-ring (bicyclic) bond motifs is 1. The molecule has 0 radical (unpaired) electrons. The number of hydrogen-bond donors (Lipinski definition) is 1. The van der Waals surface area contributed by atoms with Crippen LogP contribution in [0.2, 0.25) is 5.02 Å². The minimum absolute atomic E-state index is 0.0702. The highest BCUT2D eigenvalue weighted by molar-refractivity contribution is 6.33. The molecule has 0 bridgehead atoms. The first-order valence-corrected chi connectivity index (χ1v) is 6.70. The van der Waals surface area contributed by atoms with E-state index in [-0.39, 0.29) is 5.76 Å². The topological polar surface area (TPSA) is 20.2 Å². The Hall–Kier alpha value is -2.25. The molecular formula is C18H13ClO. The van der Waals surface area contributed by atoms with Crippen LogP contribution in [0, 0.1) is 0 Å². The van der Waals surface area contributed by atoms with E-state index >= 15 is 0 Å². The van der Waals surface area contributed by atoms with Gasteiger partial charge in [0.25, 0.3) is 0 Å². The second kappa shape index (κ2) is 5.03. The van der Waals surface area contributed by atoms with Gasteiger partial charge in [-0.25, -0.2) is 0 Å². The third kappa shape index (κ3) is 2.17. The molecule has 1 nitrogen and oxygen atoms in total. The van der Waals surface area contributed by atoms with Crippen LogP contribution in [0.1, 0.15) is 5.56 Å². The highest BCUT2D eigenvalue weighted by Gasteiger charge is 2.08. The highest BCUT2D eigenvalue weighted by atomic mass is 35.5. The third-order valence-electron chi connectivity index (χ3n) is 3.38. The quantitative estimate of drug-likeness (QED) is 0.598. The summed E-state index contributed by atoms with van der Waals surface area (Å²) in [5.41, 5.74) is 2.76. The molecule has 0 saturated carbocycles. The molecule has 2 heteroatoms. The van der Waals surface area contributed by atoms with Crippen molar-refractivity contribution in [3.05, 3.63) is 77.8 Å². The van der Waals surface area contributed by atoms with Crippen molar-refractivity contribution in [3.63, 3.8) is 0 Å². The van der Waals surface area contributed by atoms with E-state index < -0.39 is 0 Å². The first-order valence-electron chi connectivity index (χ1n) is 6.33. The Morgan fingerprint density at radius 2 is 1.65 bits per heavy atom. The summed E-state index contributed by atoms with van der Waals surface area (Å²) in [6, 6.07) is 19.6. The van der Waals surface area contributed by atoms with E-state index in [9.17, 15) is 5.11 Å². The molecule has 0 heterocycles. The fourth-order valence-corrected chi connectivity index (χ4v) is 2.60. The number of aliphatic hydroxyl groups is 1.